The van der Waals surface area contributed by atoms with Gasteiger partial charge in [-0.15, -0.1) is 11.3 Å². The van der Waals surface area contributed by atoms with Gasteiger partial charge in [0.25, 0.3) is 0 Å². The third-order valence-corrected chi connectivity index (χ3v) is 6.83. The molecule has 0 aliphatic carbocycles. The van der Waals surface area contributed by atoms with Crippen LogP contribution in [0.1, 0.15) is 58.6 Å². The lowest BCUT2D eigenvalue weighted by atomic mass is 9.95. The lowest BCUT2D eigenvalue weighted by Gasteiger charge is -2.31. The first-order valence-corrected chi connectivity index (χ1v) is 11.9. The molecule has 0 spiro atoms. The maximum absolute atomic E-state index is 12.5. The van der Waals surface area contributed by atoms with E-state index in [9.17, 15) is 19.2 Å². The number of likely N-dealkylation sites (tertiary alicyclic amines) is 1. The van der Waals surface area contributed by atoms with Crippen LogP contribution in [0.4, 0.5) is 0 Å². The van der Waals surface area contributed by atoms with E-state index < -0.39 is 0 Å². The van der Waals surface area contributed by atoms with Crippen molar-refractivity contribution in [1.82, 2.24) is 10.2 Å². The largest absolute Gasteiger partial charge is 0.352 e. The van der Waals surface area contributed by atoms with Crippen LogP contribution in [0.5, 0.6) is 0 Å². The Morgan fingerprint density at radius 3 is 2.28 bits per heavy atom. The van der Waals surface area contributed by atoms with Crippen LogP contribution >= 0.6 is 11.3 Å². The van der Waals surface area contributed by atoms with Gasteiger partial charge in [-0.25, -0.2) is 0 Å². The van der Waals surface area contributed by atoms with E-state index in [4.69, 9.17) is 0 Å². The molecule has 32 heavy (non-hydrogen) atoms. The third kappa shape index (κ3) is 7.12. The first-order valence-electron chi connectivity index (χ1n) is 11.1. The number of nitrogens with one attached hydrogen (secondary N) is 1. The summed E-state index contributed by atoms with van der Waals surface area (Å²) in [7, 11) is 0. The number of piperidine rings is 1. The predicted octanol–water partition coefficient (Wildman–Crippen LogP) is 3.92. The first-order chi connectivity index (χ1) is 15.4. The molecular weight excluding hydrogens is 424 g/mol. The van der Waals surface area contributed by atoms with Crippen molar-refractivity contribution in [2.45, 2.75) is 52.0 Å². The van der Waals surface area contributed by atoms with Crippen LogP contribution < -0.4 is 5.32 Å². The Balaban J connectivity index is 1.32. The second-order valence-corrected chi connectivity index (χ2v) is 9.52. The van der Waals surface area contributed by atoms with Crippen molar-refractivity contribution in [2.24, 2.45) is 5.92 Å². The number of hydrogen-bond donors (Lipinski definition) is 1. The zero-order valence-corrected chi connectivity index (χ0v) is 19.3. The molecule has 0 saturated carbocycles. The lowest BCUT2D eigenvalue weighted by Crippen LogP contribution is -2.43. The molecule has 2 amide bonds. The second kappa shape index (κ2) is 11.7. The number of nitrogens with zero attached hydrogens (tertiary/aromatic N) is 1. The van der Waals surface area contributed by atoms with E-state index in [1.807, 2.05) is 43.3 Å². The second-order valence-electron chi connectivity index (χ2n) is 8.23. The molecule has 3 rings (SSSR count). The van der Waals surface area contributed by atoms with Crippen molar-refractivity contribution in [3.8, 4) is 0 Å². The third-order valence-electron chi connectivity index (χ3n) is 5.79. The van der Waals surface area contributed by atoms with Crippen molar-refractivity contribution in [3.63, 3.8) is 0 Å². The smallest absolute Gasteiger partial charge is 0.223 e. The molecule has 1 N–H and O–H groups in total. The van der Waals surface area contributed by atoms with Crippen LogP contribution in [0.25, 0.3) is 0 Å². The Morgan fingerprint density at radius 1 is 0.938 bits per heavy atom. The standard InChI is InChI=1S/C25H30N2O4S/c1-18-7-11-23(32-18)22(29)10-8-21(28)9-12-24(30)27-15-13-20(14-16-27)25(31)26-17-19-5-3-2-4-6-19/h2-7,11,20H,8-10,12-17H2,1H3,(H,26,31). The molecule has 0 unspecified atom stereocenters. The summed E-state index contributed by atoms with van der Waals surface area (Å²) in [4.78, 5) is 52.6. The van der Waals surface area contributed by atoms with Gasteiger partial charge in [-0.1, -0.05) is 30.3 Å². The number of Topliss-reactive ketones (excluding diaryl/α,β-unsaturated/α-hetero) is 2. The molecule has 6 nitrogen and oxygen atoms in total. The van der Waals surface area contributed by atoms with Gasteiger partial charge in [0.15, 0.2) is 5.78 Å². The molecule has 1 aliphatic rings. The van der Waals surface area contributed by atoms with Crippen molar-refractivity contribution in [1.29, 1.82) is 0 Å². The average Bonchev–Trinajstić information content (AvgIpc) is 3.26. The van der Waals surface area contributed by atoms with Gasteiger partial charge in [0.05, 0.1) is 4.88 Å². The van der Waals surface area contributed by atoms with Crippen LogP contribution in [0.15, 0.2) is 42.5 Å². The zero-order valence-electron chi connectivity index (χ0n) is 18.5. The molecule has 1 saturated heterocycles. The summed E-state index contributed by atoms with van der Waals surface area (Å²) in [5.74, 6) is -0.190. The Labute approximate surface area is 193 Å². The van der Waals surface area contributed by atoms with Crippen LogP contribution in [-0.2, 0) is 20.9 Å². The number of carbonyl (C=O) groups excluding carboxylic acids is 4. The number of amides is 2. The Bertz CT molecular complexity index is 946. The predicted molar refractivity (Wildman–Crippen MR) is 124 cm³/mol. The maximum atomic E-state index is 12.5. The average molecular weight is 455 g/mol. The van der Waals surface area contributed by atoms with Crippen LogP contribution in [0.2, 0.25) is 0 Å². The van der Waals surface area contributed by atoms with Crippen molar-refractivity contribution in [2.75, 3.05) is 13.1 Å². The highest BCUT2D eigenvalue weighted by molar-refractivity contribution is 7.14. The molecule has 1 aromatic carbocycles. The van der Waals surface area contributed by atoms with Crippen molar-refractivity contribution in [3.05, 3.63) is 57.8 Å². The monoisotopic (exact) mass is 454 g/mol. The molecule has 2 aromatic rings. The van der Waals surface area contributed by atoms with Gasteiger partial charge in [0, 0.05) is 56.1 Å². The highest BCUT2D eigenvalue weighted by atomic mass is 32.1. The minimum Gasteiger partial charge on any atom is -0.352 e. The number of aryl methyl sites for hydroxylation is 1. The molecule has 1 fully saturated rings. The normalized spacial score (nSPS) is 14.2. The van der Waals surface area contributed by atoms with Gasteiger partial charge < -0.3 is 10.2 Å². The maximum Gasteiger partial charge on any atom is 0.223 e. The summed E-state index contributed by atoms with van der Waals surface area (Å²) in [5.41, 5.74) is 1.06. The molecule has 7 heteroatoms. The minimum atomic E-state index is -0.0868. The van der Waals surface area contributed by atoms with E-state index in [0.717, 1.165) is 10.4 Å². The summed E-state index contributed by atoms with van der Waals surface area (Å²) in [6, 6.07) is 13.5. The molecule has 170 valence electrons. The Morgan fingerprint density at radius 2 is 1.62 bits per heavy atom. The molecule has 0 radical (unpaired) electrons. The zero-order chi connectivity index (χ0) is 22.9. The summed E-state index contributed by atoms with van der Waals surface area (Å²) in [6.45, 7) is 3.52. The van der Waals surface area contributed by atoms with Gasteiger partial charge >= 0.3 is 0 Å². The number of benzene rings is 1. The van der Waals surface area contributed by atoms with E-state index in [0.29, 0.717) is 37.4 Å². The number of ketones is 2. The summed E-state index contributed by atoms with van der Waals surface area (Å²) >= 11 is 1.44. The molecule has 2 heterocycles. The summed E-state index contributed by atoms with van der Waals surface area (Å²) in [5, 5.41) is 2.98. The topological polar surface area (TPSA) is 83.6 Å². The van der Waals surface area contributed by atoms with E-state index in [2.05, 4.69) is 5.32 Å². The summed E-state index contributed by atoms with van der Waals surface area (Å²) in [6.07, 6.45) is 1.95. The summed E-state index contributed by atoms with van der Waals surface area (Å²) < 4.78 is 0. The van der Waals surface area contributed by atoms with Crippen LogP contribution in [0.3, 0.4) is 0 Å². The first kappa shape index (κ1) is 23.9. The Kier molecular flexibility index (Phi) is 8.73. The fourth-order valence-corrected chi connectivity index (χ4v) is 4.65. The highest BCUT2D eigenvalue weighted by Gasteiger charge is 2.27. The Hall–Kier alpha value is -2.80. The highest BCUT2D eigenvalue weighted by Crippen LogP contribution is 2.20. The molecule has 0 atom stereocenters. The van der Waals surface area contributed by atoms with Crippen molar-refractivity contribution >= 4 is 34.7 Å². The minimum absolute atomic E-state index is 0.0182. The van der Waals surface area contributed by atoms with Crippen LogP contribution in [-0.4, -0.2) is 41.4 Å². The quantitative estimate of drug-likeness (QED) is 0.552. The van der Waals surface area contributed by atoms with Gasteiger partial charge in [-0.2, -0.15) is 0 Å². The number of thiophene rings is 1. The molecular formula is C25H30N2O4S. The molecule has 0 bridgehead atoms. The van der Waals surface area contributed by atoms with Crippen LogP contribution in [0, 0.1) is 12.8 Å². The van der Waals surface area contributed by atoms with Gasteiger partial charge in [-0.05, 0) is 37.5 Å². The lowest BCUT2D eigenvalue weighted by molar-refractivity contribution is -0.136. The van der Waals surface area contributed by atoms with Gasteiger partial charge in [0.1, 0.15) is 5.78 Å². The SMILES string of the molecule is Cc1ccc(C(=O)CCC(=O)CCC(=O)N2CCC(C(=O)NCc3ccccc3)CC2)s1. The van der Waals surface area contributed by atoms with E-state index in [1.165, 1.54) is 11.3 Å². The van der Waals surface area contributed by atoms with Crippen molar-refractivity contribution < 1.29 is 19.2 Å². The van der Waals surface area contributed by atoms with E-state index in [-0.39, 0.29) is 55.0 Å². The van der Waals surface area contributed by atoms with E-state index in [1.54, 1.807) is 11.0 Å². The molecule has 1 aliphatic heterocycles. The van der Waals surface area contributed by atoms with Gasteiger partial charge in [0.2, 0.25) is 11.8 Å². The fraction of sp³-hybridized carbons (Fsp3) is 0.440. The number of carbonyl (C=O) groups is 4. The molecule has 1 aromatic heterocycles. The number of rotatable bonds is 10. The van der Waals surface area contributed by atoms with E-state index >= 15 is 0 Å². The van der Waals surface area contributed by atoms with Gasteiger partial charge in [-0.3, -0.25) is 19.2 Å². The fourth-order valence-electron chi connectivity index (χ4n) is 3.81. The number of hydrogen-bond acceptors (Lipinski definition) is 5.